The third-order valence-corrected chi connectivity index (χ3v) is 5.81. The first-order chi connectivity index (χ1) is 4.50. The molecule has 0 radical (unpaired) electrons. The fourth-order valence-electron chi connectivity index (χ4n) is 0.577. The molecule has 0 aliphatic heterocycles. The fourth-order valence-corrected chi connectivity index (χ4v) is 3.87. The number of hydrogen-bond donors (Lipinski definition) is 1. The van der Waals surface area contributed by atoms with Gasteiger partial charge < -0.3 is 9.11 Å². The third-order valence-electron chi connectivity index (χ3n) is 0.866. The quantitative estimate of drug-likeness (QED) is 0.608. The zero-order valence-corrected chi connectivity index (χ0v) is 10.8. The van der Waals surface area contributed by atoms with Crippen LogP contribution in [0.15, 0.2) is 0 Å². The van der Waals surface area contributed by atoms with Gasteiger partial charge in [0.15, 0.2) is 0 Å². The van der Waals surface area contributed by atoms with Crippen LogP contribution in [0.1, 0.15) is 13.3 Å². The molecule has 0 aromatic heterocycles. The Bertz CT molecular complexity index is 83.0. The molecule has 0 saturated heterocycles. The first-order valence-corrected chi connectivity index (χ1v) is 13.2. The summed E-state index contributed by atoms with van der Waals surface area (Å²) < 4.78 is 25.7. The van der Waals surface area contributed by atoms with E-state index in [-0.39, 0.29) is 0 Å². The molecule has 3 nitrogen and oxygen atoms in total. The molecule has 1 atom stereocenters. The standard InChI is InChI=1S/C3H7.2CH3.H2O3S.Sn.H/c1-3-2;;;1-4(2)3;;/h1,3H2,2H3;2*1H3;(H2,1,2,3);;/p-1. The zero-order chi connectivity index (χ0) is 8.57. The summed E-state index contributed by atoms with van der Waals surface area (Å²) in [6.07, 6.45) is 1.42. The van der Waals surface area contributed by atoms with Crippen LogP contribution in [0.3, 0.4) is 0 Å². The minimum atomic E-state index is -2.86. The average molecular weight is 274 g/mol. The Morgan fingerprint density at radius 3 is 1.90 bits per heavy atom. The summed E-state index contributed by atoms with van der Waals surface area (Å²) in [4.78, 5) is 4.93. The van der Waals surface area contributed by atoms with Crippen LogP contribution < -0.4 is 0 Å². The van der Waals surface area contributed by atoms with Crippen LogP contribution >= 0.6 is 0 Å². The minimum absolute atomic E-state index is 0.718. The van der Waals surface area contributed by atoms with Crippen LogP contribution in [0.2, 0.25) is 14.3 Å². The van der Waals surface area contributed by atoms with E-state index in [0.29, 0.717) is 0 Å². The van der Waals surface area contributed by atoms with Crippen molar-refractivity contribution in [3.63, 3.8) is 0 Å². The normalized spacial score (nSPS) is 12.2. The molecule has 0 fully saturated rings. The second-order valence-electron chi connectivity index (χ2n) is 2.40. The van der Waals surface area contributed by atoms with E-state index in [9.17, 15) is 0 Å². The smallest absolute Gasteiger partial charge is 0.0814 e. The van der Waals surface area contributed by atoms with Gasteiger partial charge in [0, 0.05) is 0 Å². The molecule has 1 unspecified atom stereocenters. The van der Waals surface area contributed by atoms with Gasteiger partial charge in [0.2, 0.25) is 0 Å². The second kappa shape index (κ2) is 9.87. The van der Waals surface area contributed by atoms with Crippen LogP contribution in [0.4, 0.5) is 0 Å². The van der Waals surface area contributed by atoms with Crippen molar-refractivity contribution in [3.05, 3.63) is 0 Å². The zero-order valence-electron chi connectivity index (χ0n) is 6.66. The van der Waals surface area contributed by atoms with Crippen molar-refractivity contribution < 1.29 is 13.3 Å². The van der Waals surface area contributed by atoms with Crippen LogP contribution in [-0.4, -0.2) is 33.1 Å². The van der Waals surface area contributed by atoms with Gasteiger partial charge in [0.25, 0.3) is 0 Å². The predicted molar refractivity (Wildman–Crippen MR) is 45.5 cm³/mol. The maximum Gasteiger partial charge on any atom is 0.0814 e. The Hall–Kier alpha value is 0.869. The molecule has 0 aromatic rings. The first-order valence-electron chi connectivity index (χ1n) is 3.29. The molecule has 0 aromatic carbocycles. The molecular formula is C5H15O3SSn-. The van der Waals surface area contributed by atoms with Gasteiger partial charge in [0.05, 0.1) is 11.4 Å². The van der Waals surface area contributed by atoms with E-state index in [0.717, 1.165) is 0 Å². The minimum Gasteiger partial charge on any atom is -0.750 e. The molecule has 10 heavy (non-hydrogen) atoms. The summed E-state index contributed by atoms with van der Waals surface area (Å²) in [6.45, 7) is 2.27. The first kappa shape index (κ1) is 13.5. The summed E-state index contributed by atoms with van der Waals surface area (Å²) in [5.41, 5.74) is 0. The van der Waals surface area contributed by atoms with E-state index in [1.165, 1.54) is 6.42 Å². The number of hydrogen-bond acceptors (Lipinski definition) is 2. The Morgan fingerprint density at radius 2 is 1.90 bits per heavy atom. The molecule has 0 spiro atoms. The average Bonchev–Trinajstić information content (AvgIpc) is 1.62. The van der Waals surface area contributed by atoms with E-state index >= 15 is 0 Å². The van der Waals surface area contributed by atoms with E-state index < -0.39 is 31.1 Å². The van der Waals surface area contributed by atoms with Crippen LogP contribution in [0, 0.1) is 0 Å². The Labute approximate surface area is 72.1 Å². The SMILES string of the molecule is CC[CH2][SnH]([CH3])[CH3].O=S([O-])O. The number of rotatable bonds is 2. The van der Waals surface area contributed by atoms with E-state index in [4.69, 9.17) is 13.3 Å². The Morgan fingerprint density at radius 1 is 1.60 bits per heavy atom. The fraction of sp³-hybridized carbons (Fsp3) is 1.00. The Balaban J connectivity index is 0. The van der Waals surface area contributed by atoms with Crippen molar-refractivity contribution in [2.24, 2.45) is 0 Å². The van der Waals surface area contributed by atoms with Crippen molar-refractivity contribution in [1.82, 2.24) is 0 Å². The van der Waals surface area contributed by atoms with Crippen molar-refractivity contribution >= 4 is 31.1 Å². The van der Waals surface area contributed by atoms with Crippen molar-refractivity contribution in [2.45, 2.75) is 27.7 Å². The van der Waals surface area contributed by atoms with Crippen molar-refractivity contribution in [3.8, 4) is 0 Å². The molecule has 64 valence electrons. The van der Waals surface area contributed by atoms with Gasteiger partial charge in [-0.1, -0.05) is 0 Å². The maximum absolute atomic E-state index is 8.56. The molecule has 0 bridgehead atoms. The molecule has 0 aliphatic rings. The van der Waals surface area contributed by atoms with E-state index in [1.807, 2.05) is 0 Å². The van der Waals surface area contributed by atoms with Gasteiger partial charge in [-0.15, -0.1) is 0 Å². The van der Waals surface area contributed by atoms with E-state index in [1.54, 1.807) is 4.44 Å². The molecule has 1 N–H and O–H groups in total. The molecule has 0 heterocycles. The van der Waals surface area contributed by atoms with Crippen molar-refractivity contribution in [2.75, 3.05) is 0 Å². The topological polar surface area (TPSA) is 60.4 Å². The molecular weight excluding hydrogens is 259 g/mol. The van der Waals surface area contributed by atoms with Crippen LogP contribution in [0.25, 0.3) is 0 Å². The second-order valence-corrected chi connectivity index (χ2v) is 12.4. The summed E-state index contributed by atoms with van der Waals surface area (Å²) in [6, 6.07) is 0. The van der Waals surface area contributed by atoms with Crippen molar-refractivity contribution in [1.29, 1.82) is 0 Å². The summed E-state index contributed by atoms with van der Waals surface area (Å²) in [7, 11) is 0. The van der Waals surface area contributed by atoms with E-state index in [2.05, 4.69) is 16.8 Å². The predicted octanol–water partition coefficient (Wildman–Crippen LogP) is 1.22. The van der Waals surface area contributed by atoms with Gasteiger partial charge in [-0.25, -0.2) is 4.21 Å². The molecule has 5 heteroatoms. The molecule has 0 aliphatic carbocycles. The molecule has 0 amide bonds. The Kier molecular flexibility index (Phi) is 13.3. The van der Waals surface area contributed by atoms with Crippen LogP contribution in [-0.2, 0) is 11.4 Å². The summed E-state index contributed by atoms with van der Waals surface area (Å²) >= 11 is -3.58. The van der Waals surface area contributed by atoms with Gasteiger partial charge in [-0.05, 0) is 0 Å². The van der Waals surface area contributed by atoms with Gasteiger partial charge >= 0.3 is 47.4 Å². The summed E-state index contributed by atoms with van der Waals surface area (Å²) in [5, 5.41) is 0. The summed E-state index contributed by atoms with van der Waals surface area (Å²) in [5.74, 6) is 0. The molecule has 0 rings (SSSR count). The monoisotopic (exact) mass is 275 g/mol. The maximum atomic E-state index is 8.56. The van der Waals surface area contributed by atoms with Gasteiger partial charge in [-0.2, -0.15) is 0 Å². The molecule has 0 saturated carbocycles. The largest absolute Gasteiger partial charge is 0.750 e. The van der Waals surface area contributed by atoms with Crippen LogP contribution in [0.5, 0.6) is 0 Å². The van der Waals surface area contributed by atoms with Gasteiger partial charge in [-0.3, -0.25) is 0 Å². The van der Waals surface area contributed by atoms with Gasteiger partial charge in [0.1, 0.15) is 0 Å². The third kappa shape index (κ3) is 36.7.